The summed E-state index contributed by atoms with van der Waals surface area (Å²) in [6, 6.07) is 15.1. The van der Waals surface area contributed by atoms with E-state index in [1.807, 2.05) is 6.92 Å². The Balaban J connectivity index is 1.71. The van der Waals surface area contributed by atoms with Crippen molar-refractivity contribution in [1.29, 1.82) is 0 Å². The standard InChI is InChI=1S/C21H19N3O4/c1-13-4-7-15(12-17(13)24-21(27)18-3-2-10-28-18)20(26)23-16-8-5-14(6-9-16)11-19(22)25/h2-10,12H,11H2,1H3,(H2,22,25)(H,23,26)(H,24,27). The van der Waals surface area contributed by atoms with Gasteiger partial charge in [0.15, 0.2) is 5.76 Å². The first-order valence-corrected chi connectivity index (χ1v) is 8.56. The van der Waals surface area contributed by atoms with Gasteiger partial charge < -0.3 is 20.8 Å². The van der Waals surface area contributed by atoms with E-state index in [4.69, 9.17) is 10.2 Å². The third-order valence-corrected chi connectivity index (χ3v) is 4.08. The van der Waals surface area contributed by atoms with Gasteiger partial charge in [-0.2, -0.15) is 0 Å². The molecule has 2 aromatic carbocycles. The molecule has 1 heterocycles. The monoisotopic (exact) mass is 377 g/mol. The molecular formula is C21H19N3O4. The highest BCUT2D eigenvalue weighted by molar-refractivity contribution is 6.07. The fourth-order valence-electron chi connectivity index (χ4n) is 2.60. The van der Waals surface area contributed by atoms with Crippen molar-refractivity contribution in [1.82, 2.24) is 0 Å². The van der Waals surface area contributed by atoms with Gasteiger partial charge in [0.1, 0.15) is 0 Å². The van der Waals surface area contributed by atoms with Gasteiger partial charge in [0.2, 0.25) is 5.91 Å². The fraction of sp³-hybridized carbons (Fsp3) is 0.0952. The molecule has 7 nitrogen and oxygen atoms in total. The Kier molecular flexibility index (Phi) is 5.55. The molecule has 0 radical (unpaired) electrons. The van der Waals surface area contributed by atoms with Crippen LogP contribution in [0.3, 0.4) is 0 Å². The molecule has 4 N–H and O–H groups in total. The number of nitrogens with two attached hydrogens (primary N) is 1. The first-order valence-electron chi connectivity index (χ1n) is 8.56. The Bertz CT molecular complexity index is 1010. The largest absolute Gasteiger partial charge is 0.459 e. The van der Waals surface area contributed by atoms with Gasteiger partial charge in [-0.1, -0.05) is 18.2 Å². The third-order valence-electron chi connectivity index (χ3n) is 4.08. The minimum atomic E-state index is -0.416. The Morgan fingerprint density at radius 3 is 2.36 bits per heavy atom. The summed E-state index contributed by atoms with van der Waals surface area (Å²) >= 11 is 0. The Morgan fingerprint density at radius 2 is 1.71 bits per heavy atom. The number of benzene rings is 2. The van der Waals surface area contributed by atoms with Crippen LogP contribution in [0.25, 0.3) is 0 Å². The Hall–Kier alpha value is -3.87. The van der Waals surface area contributed by atoms with Gasteiger partial charge in [0, 0.05) is 16.9 Å². The quantitative estimate of drug-likeness (QED) is 0.612. The van der Waals surface area contributed by atoms with Crippen molar-refractivity contribution >= 4 is 29.1 Å². The topological polar surface area (TPSA) is 114 Å². The minimum Gasteiger partial charge on any atom is -0.459 e. The highest BCUT2D eigenvalue weighted by atomic mass is 16.3. The van der Waals surface area contributed by atoms with E-state index >= 15 is 0 Å². The number of hydrogen-bond acceptors (Lipinski definition) is 4. The molecule has 3 aromatic rings. The molecule has 3 rings (SSSR count). The lowest BCUT2D eigenvalue weighted by Crippen LogP contribution is -2.15. The number of carbonyl (C=O) groups is 3. The summed E-state index contributed by atoms with van der Waals surface area (Å²) < 4.78 is 5.08. The maximum absolute atomic E-state index is 12.5. The number of furan rings is 1. The molecule has 0 unspecified atom stereocenters. The lowest BCUT2D eigenvalue weighted by Gasteiger charge is -2.11. The van der Waals surface area contributed by atoms with E-state index < -0.39 is 11.8 Å². The zero-order chi connectivity index (χ0) is 20.1. The van der Waals surface area contributed by atoms with Crippen molar-refractivity contribution in [3.8, 4) is 0 Å². The number of primary amides is 1. The van der Waals surface area contributed by atoms with Crippen LogP contribution in [0.2, 0.25) is 0 Å². The van der Waals surface area contributed by atoms with E-state index in [2.05, 4.69) is 10.6 Å². The summed E-state index contributed by atoms with van der Waals surface area (Å²) in [5.74, 6) is -0.947. The lowest BCUT2D eigenvalue weighted by atomic mass is 10.1. The van der Waals surface area contributed by atoms with Gasteiger partial charge in [-0.25, -0.2) is 0 Å². The Morgan fingerprint density at radius 1 is 0.964 bits per heavy atom. The van der Waals surface area contributed by atoms with Gasteiger partial charge in [-0.3, -0.25) is 14.4 Å². The molecule has 0 atom stereocenters. The van der Waals surface area contributed by atoms with Crippen LogP contribution in [0.1, 0.15) is 32.0 Å². The number of amides is 3. The number of nitrogens with one attached hydrogen (secondary N) is 2. The summed E-state index contributed by atoms with van der Waals surface area (Å²) in [4.78, 5) is 35.7. The van der Waals surface area contributed by atoms with E-state index in [0.29, 0.717) is 16.9 Å². The van der Waals surface area contributed by atoms with Crippen LogP contribution in [0, 0.1) is 6.92 Å². The molecule has 0 bridgehead atoms. The predicted molar refractivity (Wildman–Crippen MR) is 105 cm³/mol. The number of carbonyl (C=O) groups excluding carboxylic acids is 3. The summed E-state index contributed by atoms with van der Waals surface area (Å²) in [5.41, 5.74) is 8.24. The van der Waals surface area contributed by atoms with Gasteiger partial charge in [-0.05, 0) is 54.4 Å². The second-order valence-corrected chi connectivity index (χ2v) is 6.26. The SMILES string of the molecule is Cc1ccc(C(=O)Nc2ccc(CC(N)=O)cc2)cc1NC(=O)c1ccco1. The van der Waals surface area contributed by atoms with Crippen LogP contribution in [0.5, 0.6) is 0 Å². The van der Waals surface area contributed by atoms with Crippen LogP contribution >= 0.6 is 0 Å². The number of rotatable bonds is 6. The molecule has 0 spiro atoms. The minimum absolute atomic E-state index is 0.144. The van der Waals surface area contributed by atoms with Gasteiger partial charge >= 0.3 is 0 Å². The molecule has 0 saturated carbocycles. The zero-order valence-corrected chi connectivity index (χ0v) is 15.2. The van der Waals surface area contributed by atoms with E-state index in [1.54, 1.807) is 54.6 Å². The summed E-state index contributed by atoms with van der Waals surface area (Å²) in [6.07, 6.45) is 1.56. The van der Waals surface area contributed by atoms with Crippen molar-refractivity contribution in [3.63, 3.8) is 0 Å². The fourth-order valence-corrected chi connectivity index (χ4v) is 2.60. The molecule has 0 aliphatic carbocycles. The van der Waals surface area contributed by atoms with Crippen LogP contribution in [-0.4, -0.2) is 17.7 Å². The molecule has 0 saturated heterocycles. The summed E-state index contributed by atoms with van der Waals surface area (Å²) in [7, 11) is 0. The molecule has 1 aromatic heterocycles. The van der Waals surface area contributed by atoms with Crippen molar-refractivity contribution in [2.24, 2.45) is 5.73 Å². The molecule has 28 heavy (non-hydrogen) atoms. The van der Waals surface area contributed by atoms with Crippen LogP contribution < -0.4 is 16.4 Å². The third kappa shape index (κ3) is 4.64. The van der Waals surface area contributed by atoms with Crippen molar-refractivity contribution in [3.05, 3.63) is 83.3 Å². The zero-order valence-electron chi connectivity index (χ0n) is 15.2. The van der Waals surface area contributed by atoms with E-state index in [1.165, 1.54) is 6.26 Å². The second-order valence-electron chi connectivity index (χ2n) is 6.26. The van der Waals surface area contributed by atoms with Crippen molar-refractivity contribution in [2.75, 3.05) is 10.6 Å². The van der Waals surface area contributed by atoms with Gasteiger partial charge in [0.05, 0.1) is 12.7 Å². The van der Waals surface area contributed by atoms with Gasteiger partial charge in [0.25, 0.3) is 11.8 Å². The van der Waals surface area contributed by atoms with Crippen molar-refractivity contribution in [2.45, 2.75) is 13.3 Å². The maximum Gasteiger partial charge on any atom is 0.291 e. The van der Waals surface area contributed by atoms with E-state index in [9.17, 15) is 14.4 Å². The van der Waals surface area contributed by atoms with Gasteiger partial charge in [-0.15, -0.1) is 0 Å². The first kappa shape index (κ1) is 18.9. The molecule has 0 fully saturated rings. The number of hydrogen-bond donors (Lipinski definition) is 3. The second kappa shape index (κ2) is 8.22. The highest BCUT2D eigenvalue weighted by Crippen LogP contribution is 2.19. The molecule has 3 amide bonds. The maximum atomic E-state index is 12.5. The lowest BCUT2D eigenvalue weighted by molar-refractivity contribution is -0.117. The average Bonchev–Trinajstić information content (AvgIpc) is 3.19. The van der Waals surface area contributed by atoms with Crippen LogP contribution in [-0.2, 0) is 11.2 Å². The molecule has 7 heteroatoms. The average molecular weight is 377 g/mol. The first-order chi connectivity index (χ1) is 13.4. The molecule has 142 valence electrons. The molecule has 0 aliphatic heterocycles. The van der Waals surface area contributed by atoms with Crippen LogP contribution in [0.4, 0.5) is 11.4 Å². The highest BCUT2D eigenvalue weighted by Gasteiger charge is 2.13. The van der Waals surface area contributed by atoms with Crippen molar-refractivity contribution < 1.29 is 18.8 Å². The molecular weight excluding hydrogens is 358 g/mol. The van der Waals surface area contributed by atoms with Crippen LogP contribution in [0.15, 0.2) is 65.3 Å². The number of anilines is 2. The Labute approximate surface area is 161 Å². The van der Waals surface area contributed by atoms with E-state index in [0.717, 1.165) is 11.1 Å². The summed E-state index contributed by atoms with van der Waals surface area (Å²) in [5, 5.41) is 5.52. The smallest absolute Gasteiger partial charge is 0.291 e. The summed E-state index contributed by atoms with van der Waals surface area (Å²) in [6.45, 7) is 1.83. The molecule has 0 aliphatic rings. The van der Waals surface area contributed by atoms with E-state index in [-0.39, 0.29) is 18.1 Å². The number of aryl methyl sites for hydroxylation is 1. The predicted octanol–water partition coefficient (Wildman–Crippen LogP) is 3.12. The normalized spacial score (nSPS) is 10.3.